The van der Waals surface area contributed by atoms with Crippen LogP contribution in [0.2, 0.25) is 0 Å². The minimum absolute atomic E-state index is 0.833. The number of imidazole rings is 1. The monoisotopic (exact) mass is 428 g/mol. The van der Waals surface area contributed by atoms with Gasteiger partial charge in [0.15, 0.2) is 0 Å². The van der Waals surface area contributed by atoms with E-state index in [1.807, 2.05) is 6.07 Å². The summed E-state index contributed by atoms with van der Waals surface area (Å²) in [6, 6.07) is 38.2. The molecule has 0 N–H and O–H groups in total. The van der Waals surface area contributed by atoms with Crippen molar-refractivity contribution in [3.63, 3.8) is 0 Å². The molecule has 0 radical (unpaired) electrons. The predicted molar refractivity (Wildman–Crippen MR) is 142 cm³/mol. The standard InChI is InChI=1S/C27H18N2.C4H10/c1-3-11-19(12-4-1)27-28-25-23-17-9-7-15-21(23)22-16-8-10-18-24(22)26(25)29(27)20-13-5-2-6-14-20;1-4(2)3/h1-18H;4H,1-3H3. The summed E-state index contributed by atoms with van der Waals surface area (Å²) in [4.78, 5) is 5.20. The van der Waals surface area contributed by atoms with Crippen LogP contribution in [-0.2, 0) is 0 Å². The van der Waals surface area contributed by atoms with Gasteiger partial charge in [-0.05, 0) is 28.8 Å². The Hall–Kier alpha value is -3.91. The molecular weight excluding hydrogens is 400 g/mol. The van der Waals surface area contributed by atoms with E-state index in [1.165, 1.54) is 21.5 Å². The van der Waals surface area contributed by atoms with Crippen molar-refractivity contribution < 1.29 is 0 Å². The van der Waals surface area contributed by atoms with Crippen LogP contribution < -0.4 is 0 Å². The van der Waals surface area contributed by atoms with Gasteiger partial charge in [0.05, 0.1) is 11.0 Å². The molecule has 2 heteroatoms. The number of hydrogen-bond donors (Lipinski definition) is 0. The molecule has 0 amide bonds. The van der Waals surface area contributed by atoms with Crippen molar-refractivity contribution in [2.45, 2.75) is 20.8 Å². The van der Waals surface area contributed by atoms with E-state index >= 15 is 0 Å². The van der Waals surface area contributed by atoms with E-state index in [9.17, 15) is 0 Å². The van der Waals surface area contributed by atoms with Crippen LogP contribution in [0.4, 0.5) is 0 Å². The second kappa shape index (κ2) is 8.91. The molecule has 6 aromatic rings. The maximum Gasteiger partial charge on any atom is 0.145 e. The molecular formula is C31H28N2. The average Bonchev–Trinajstić information content (AvgIpc) is 3.26. The Morgan fingerprint density at radius 2 is 1.00 bits per heavy atom. The van der Waals surface area contributed by atoms with Crippen molar-refractivity contribution in [2.24, 2.45) is 5.92 Å². The van der Waals surface area contributed by atoms with E-state index in [2.05, 4.69) is 128 Å². The quantitative estimate of drug-likeness (QED) is 0.252. The van der Waals surface area contributed by atoms with Crippen LogP contribution in [-0.4, -0.2) is 9.55 Å². The zero-order valence-corrected chi connectivity index (χ0v) is 19.4. The topological polar surface area (TPSA) is 17.8 Å². The molecule has 0 aliphatic rings. The smallest absolute Gasteiger partial charge is 0.145 e. The molecule has 0 saturated carbocycles. The van der Waals surface area contributed by atoms with Crippen LogP contribution in [0.3, 0.4) is 0 Å². The van der Waals surface area contributed by atoms with Crippen molar-refractivity contribution >= 4 is 32.6 Å². The summed E-state index contributed by atoms with van der Waals surface area (Å²) >= 11 is 0. The van der Waals surface area contributed by atoms with Crippen molar-refractivity contribution in [3.8, 4) is 17.1 Å². The number of fused-ring (bicyclic) bond motifs is 6. The van der Waals surface area contributed by atoms with Crippen molar-refractivity contribution in [3.05, 3.63) is 109 Å². The Morgan fingerprint density at radius 3 is 1.61 bits per heavy atom. The fourth-order valence-corrected chi connectivity index (χ4v) is 4.31. The second-order valence-corrected chi connectivity index (χ2v) is 8.99. The Kier molecular flexibility index (Phi) is 5.66. The third-order valence-electron chi connectivity index (χ3n) is 5.58. The number of para-hydroxylation sites is 1. The molecule has 0 bridgehead atoms. The van der Waals surface area contributed by atoms with E-state index < -0.39 is 0 Å². The summed E-state index contributed by atoms with van der Waals surface area (Å²) in [6.07, 6.45) is 0. The highest BCUT2D eigenvalue weighted by Gasteiger charge is 2.19. The first-order valence-electron chi connectivity index (χ1n) is 11.6. The molecule has 5 aromatic carbocycles. The number of rotatable bonds is 2. The van der Waals surface area contributed by atoms with Gasteiger partial charge in [-0.2, -0.15) is 0 Å². The maximum absolute atomic E-state index is 5.20. The fraction of sp³-hybridized carbons (Fsp3) is 0.129. The first-order chi connectivity index (χ1) is 16.1. The van der Waals surface area contributed by atoms with Crippen molar-refractivity contribution in [1.82, 2.24) is 9.55 Å². The molecule has 1 aromatic heterocycles. The fourth-order valence-electron chi connectivity index (χ4n) is 4.31. The van der Waals surface area contributed by atoms with E-state index in [-0.39, 0.29) is 0 Å². The molecule has 0 saturated heterocycles. The lowest BCUT2D eigenvalue weighted by Gasteiger charge is -2.12. The molecule has 33 heavy (non-hydrogen) atoms. The third kappa shape index (κ3) is 3.89. The maximum atomic E-state index is 5.20. The van der Waals surface area contributed by atoms with Gasteiger partial charge in [-0.1, -0.05) is 118 Å². The average molecular weight is 429 g/mol. The van der Waals surface area contributed by atoms with Crippen LogP contribution >= 0.6 is 0 Å². The minimum atomic E-state index is 0.833. The highest BCUT2D eigenvalue weighted by Crippen LogP contribution is 2.38. The third-order valence-corrected chi connectivity index (χ3v) is 5.58. The Morgan fingerprint density at radius 1 is 0.545 bits per heavy atom. The SMILES string of the molecule is CC(C)C.c1ccc(-c2nc3c4ccccc4c4ccccc4c3n2-c2ccccc2)cc1. The van der Waals surface area contributed by atoms with Crippen LogP contribution in [0.25, 0.3) is 49.7 Å². The predicted octanol–water partition coefficient (Wildman–Crippen LogP) is 8.66. The van der Waals surface area contributed by atoms with Gasteiger partial charge in [0, 0.05) is 22.0 Å². The van der Waals surface area contributed by atoms with Crippen LogP contribution in [0.5, 0.6) is 0 Å². The Labute approximate surface area is 195 Å². The van der Waals surface area contributed by atoms with Gasteiger partial charge in [0.1, 0.15) is 5.82 Å². The van der Waals surface area contributed by atoms with Crippen molar-refractivity contribution in [1.29, 1.82) is 0 Å². The lowest BCUT2D eigenvalue weighted by atomic mass is 10.00. The molecule has 2 nitrogen and oxygen atoms in total. The lowest BCUT2D eigenvalue weighted by Crippen LogP contribution is -1.97. The molecule has 1 heterocycles. The van der Waals surface area contributed by atoms with Gasteiger partial charge in [0.25, 0.3) is 0 Å². The highest BCUT2D eigenvalue weighted by molar-refractivity contribution is 6.24. The van der Waals surface area contributed by atoms with Gasteiger partial charge in [-0.15, -0.1) is 0 Å². The first-order valence-corrected chi connectivity index (χ1v) is 11.6. The van der Waals surface area contributed by atoms with E-state index in [0.717, 1.165) is 34.0 Å². The summed E-state index contributed by atoms with van der Waals surface area (Å²) < 4.78 is 2.30. The zero-order valence-electron chi connectivity index (χ0n) is 19.4. The second-order valence-electron chi connectivity index (χ2n) is 8.99. The van der Waals surface area contributed by atoms with Crippen LogP contribution in [0.1, 0.15) is 20.8 Å². The minimum Gasteiger partial charge on any atom is -0.292 e. The zero-order chi connectivity index (χ0) is 22.8. The van der Waals surface area contributed by atoms with Gasteiger partial charge >= 0.3 is 0 Å². The highest BCUT2D eigenvalue weighted by atomic mass is 15.1. The summed E-state index contributed by atoms with van der Waals surface area (Å²) in [5.41, 5.74) is 4.43. The lowest BCUT2D eigenvalue weighted by molar-refractivity contribution is 0.737. The number of benzene rings is 5. The molecule has 162 valence electrons. The molecule has 0 spiro atoms. The Balaban J connectivity index is 0.000000531. The largest absolute Gasteiger partial charge is 0.292 e. The molecule has 0 aliphatic heterocycles. The van der Waals surface area contributed by atoms with E-state index in [0.29, 0.717) is 0 Å². The van der Waals surface area contributed by atoms with Gasteiger partial charge < -0.3 is 0 Å². The summed E-state index contributed by atoms with van der Waals surface area (Å²) in [6.45, 7) is 6.50. The molecule has 0 aliphatic carbocycles. The van der Waals surface area contributed by atoms with Gasteiger partial charge in [0.2, 0.25) is 0 Å². The van der Waals surface area contributed by atoms with E-state index in [4.69, 9.17) is 4.98 Å². The number of aromatic nitrogens is 2. The molecule has 0 unspecified atom stereocenters. The molecule has 0 fully saturated rings. The van der Waals surface area contributed by atoms with Gasteiger partial charge in [-0.25, -0.2) is 4.98 Å². The van der Waals surface area contributed by atoms with Crippen LogP contribution in [0, 0.1) is 5.92 Å². The summed E-state index contributed by atoms with van der Waals surface area (Å²) in [7, 11) is 0. The molecule has 0 atom stereocenters. The number of hydrogen-bond acceptors (Lipinski definition) is 1. The van der Waals surface area contributed by atoms with Crippen LogP contribution in [0.15, 0.2) is 109 Å². The van der Waals surface area contributed by atoms with Gasteiger partial charge in [-0.3, -0.25) is 4.57 Å². The van der Waals surface area contributed by atoms with Crippen molar-refractivity contribution in [2.75, 3.05) is 0 Å². The normalized spacial score (nSPS) is 11.2. The Bertz CT molecular complexity index is 1520. The summed E-state index contributed by atoms with van der Waals surface area (Å²) in [5, 5.41) is 4.91. The summed E-state index contributed by atoms with van der Waals surface area (Å²) in [5.74, 6) is 1.80. The first kappa shape index (κ1) is 21.0. The molecule has 6 rings (SSSR count). The van der Waals surface area contributed by atoms with E-state index in [1.54, 1.807) is 0 Å². The number of nitrogens with zero attached hydrogens (tertiary/aromatic N) is 2.